The molecule has 2 fully saturated rings. The number of urea groups is 1. The number of piperidine rings is 1. The number of ether oxygens (including phenoxy) is 1. The van der Waals surface area contributed by atoms with Gasteiger partial charge >= 0.3 is 12.0 Å². The average Bonchev–Trinajstić information content (AvgIpc) is 3.21. The van der Waals surface area contributed by atoms with E-state index in [0.717, 1.165) is 42.9 Å². The minimum absolute atomic E-state index is 0. The number of nitrogens with one attached hydrogen (secondary N) is 1. The fourth-order valence-corrected chi connectivity index (χ4v) is 4.84. The number of aryl methyl sites for hydroxylation is 1. The summed E-state index contributed by atoms with van der Waals surface area (Å²) in [7, 11) is 3.10. The molecule has 2 saturated heterocycles. The molecule has 1 aromatic heterocycles. The number of fused-ring (bicyclic) bond motifs is 1. The highest BCUT2D eigenvalue weighted by Crippen LogP contribution is 2.36. The third kappa shape index (κ3) is 4.70. The number of rotatable bonds is 4. The van der Waals surface area contributed by atoms with Crippen LogP contribution in [-0.4, -0.2) is 60.0 Å². The molecule has 3 heterocycles. The van der Waals surface area contributed by atoms with Crippen molar-refractivity contribution in [1.82, 2.24) is 20.0 Å². The zero-order valence-corrected chi connectivity index (χ0v) is 20.6. The maximum absolute atomic E-state index is 15.0. The Morgan fingerprint density at radius 1 is 1.17 bits per heavy atom. The second kappa shape index (κ2) is 9.83. The van der Waals surface area contributed by atoms with Crippen molar-refractivity contribution in [2.24, 2.45) is 12.5 Å². The Morgan fingerprint density at radius 2 is 1.91 bits per heavy atom. The smallest absolute Gasteiger partial charge is 0.337 e. The Balaban J connectivity index is 0.00000289. The first kappa shape index (κ1) is 24.9. The van der Waals surface area contributed by atoms with E-state index in [9.17, 15) is 14.0 Å². The Hall–Kier alpha value is -3.17. The number of halogens is 2. The first-order valence-corrected chi connectivity index (χ1v) is 11.4. The molecule has 10 heteroatoms. The second-order valence-electron chi connectivity index (χ2n) is 9.27. The normalized spacial score (nSPS) is 16.5. The van der Waals surface area contributed by atoms with Crippen LogP contribution in [0.5, 0.6) is 0 Å². The van der Waals surface area contributed by atoms with Crippen molar-refractivity contribution < 1.29 is 18.7 Å². The Kier molecular flexibility index (Phi) is 7.00. The molecule has 0 radical (unpaired) electrons. The van der Waals surface area contributed by atoms with E-state index in [1.165, 1.54) is 19.2 Å². The van der Waals surface area contributed by atoms with Gasteiger partial charge in [0.15, 0.2) is 0 Å². The Labute approximate surface area is 209 Å². The van der Waals surface area contributed by atoms with E-state index >= 15 is 0 Å². The number of methoxy groups -OCH3 is 1. The van der Waals surface area contributed by atoms with Crippen LogP contribution in [0.2, 0.25) is 0 Å². The highest BCUT2D eigenvalue weighted by atomic mass is 35.5. The van der Waals surface area contributed by atoms with Gasteiger partial charge < -0.3 is 15.0 Å². The number of likely N-dealkylation sites (tertiary alicyclic amines) is 1. The van der Waals surface area contributed by atoms with Gasteiger partial charge in [0.05, 0.1) is 30.9 Å². The van der Waals surface area contributed by atoms with Crippen LogP contribution < -0.4 is 10.2 Å². The van der Waals surface area contributed by atoms with Crippen LogP contribution in [0, 0.1) is 11.2 Å². The predicted molar refractivity (Wildman–Crippen MR) is 133 cm³/mol. The van der Waals surface area contributed by atoms with Crippen molar-refractivity contribution in [1.29, 1.82) is 0 Å². The fraction of sp³-hybridized carbons (Fsp3) is 0.400. The summed E-state index contributed by atoms with van der Waals surface area (Å²) in [5, 5.41) is 8.59. The summed E-state index contributed by atoms with van der Waals surface area (Å²) in [6, 6.07) is 9.75. The van der Waals surface area contributed by atoms with Gasteiger partial charge in [-0.3, -0.25) is 9.58 Å². The number of esters is 1. The molecule has 0 unspecified atom stereocenters. The van der Waals surface area contributed by atoms with Crippen LogP contribution in [0.1, 0.15) is 28.8 Å². The van der Waals surface area contributed by atoms with Crippen LogP contribution in [0.3, 0.4) is 0 Å². The number of amides is 2. The molecule has 2 aromatic carbocycles. The van der Waals surface area contributed by atoms with Gasteiger partial charge in [0.25, 0.3) is 0 Å². The van der Waals surface area contributed by atoms with Crippen molar-refractivity contribution in [3.8, 4) is 0 Å². The quantitative estimate of drug-likeness (QED) is 0.551. The molecule has 0 aliphatic carbocycles. The maximum atomic E-state index is 15.0. The van der Waals surface area contributed by atoms with E-state index in [1.54, 1.807) is 15.8 Å². The summed E-state index contributed by atoms with van der Waals surface area (Å²) in [6.45, 7) is 3.41. The molecular formula is C25H29ClFN5O3. The summed E-state index contributed by atoms with van der Waals surface area (Å²) in [5.74, 6) is -1.16. The molecule has 186 valence electrons. The van der Waals surface area contributed by atoms with Gasteiger partial charge in [-0.1, -0.05) is 6.07 Å². The van der Waals surface area contributed by atoms with E-state index in [-0.39, 0.29) is 30.5 Å². The molecule has 35 heavy (non-hydrogen) atoms. The Bertz CT molecular complexity index is 1250. The van der Waals surface area contributed by atoms with E-state index < -0.39 is 11.8 Å². The topological polar surface area (TPSA) is 79.7 Å². The molecule has 2 aliphatic heterocycles. The molecule has 8 nitrogen and oxygen atoms in total. The lowest BCUT2D eigenvalue weighted by molar-refractivity contribution is 0.0600. The van der Waals surface area contributed by atoms with Gasteiger partial charge in [-0.2, -0.15) is 5.10 Å². The van der Waals surface area contributed by atoms with Crippen molar-refractivity contribution in [2.75, 3.05) is 38.2 Å². The molecule has 2 aliphatic rings. The SMILES string of the molecule is COC(=O)c1ccc(CN(C(=O)N2CCC3(CC2)CNC3)c2ccc3cnn(C)c3c2)c(F)c1.Cl. The minimum Gasteiger partial charge on any atom is -0.465 e. The van der Waals surface area contributed by atoms with Crippen LogP contribution in [0.25, 0.3) is 10.9 Å². The summed E-state index contributed by atoms with van der Waals surface area (Å²) >= 11 is 0. The molecular weight excluding hydrogens is 473 g/mol. The molecule has 0 saturated carbocycles. The van der Waals surface area contributed by atoms with Gasteiger partial charge in [-0.05, 0) is 48.6 Å². The fourth-order valence-electron chi connectivity index (χ4n) is 4.84. The van der Waals surface area contributed by atoms with Crippen LogP contribution in [0.15, 0.2) is 42.6 Å². The van der Waals surface area contributed by atoms with Gasteiger partial charge in [-0.15, -0.1) is 12.4 Å². The lowest BCUT2D eigenvalue weighted by Crippen LogP contribution is -2.59. The molecule has 3 aromatic rings. The van der Waals surface area contributed by atoms with E-state index in [1.807, 2.05) is 30.1 Å². The molecule has 1 spiro atoms. The van der Waals surface area contributed by atoms with E-state index in [0.29, 0.717) is 29.8 Å². The number of nitrogens with zero attached hydrogens (tertiary/aromatic N) is 4. The number of carbonyl (C=O) groups excluding carboxylic acids is 2. The zero-order valence-electron chi connectivity index (χ0n) is 19.8. The lowest BCUT2D eigenvalue weighted by Gasteiger charge is -2.48. The third-order valence-electron chi connectivity index (χ3n) is 7.17. The third-order valence-corrected chi connectivity index (χ3v) is 7.17. The van der Waals surface area contributed by atoms with Crippen molar-refractivity contribution >= 4 is 41.0 Å². The van der Waals surface area contributed by atoms with Crippen molar-refractivity contribution in [3.05, 3.63) is 59.5 Å². The molecule has 0 bridgehead atoms. The summed E-state index contributed by atoms with van der Waals surface area (Å²) < 4.78 is 21.4. The number of carbonyl (C=O) groups is 2. The highest BCUT2D eigenvalue weighted by molar-refractivity contribution is 5.95. The second-order valence-corrected chi connectivity index (χ2v) is 9.27. The molecule has 5 rings (SSSR count). The molecule has 0 atom stereocenters. The Morgan fingerprint density at radius 3 is 2.54 bits per heavy atom. The number of aromatic nitrogens is 2. The van der Waals surface area contributed by atoms with Gasteiger partial charge in [0, 0.05) is 49.9 Å². The van der Waals surface area contributed by atoms with Crippen LogP contribution in [-0.2, 0) is 18.3 Å². The standard InChI is InChI=1S/C25H28FN5O3.ClH/c1-29-22-12-20(6-5-18(22)13-28-29)31(14-19-4-3-17(11-21(19)26)23(32)34-2)24(33)30-9-7-25(8-10-30)15-27-16-25;/h3-6,11-13,27H,7-10,14-16H2,1-2H3;1H. The number of hydrogen-bond acceptors (Lipinski definition) is 5. The van der Waals surface area contributed by atoms with E-state index in [4.69, 9.17) is 0 Å². The van der Waals surface area contributed by atoms with Gasteiger partial charge in [0.1, 0.15) is 5.82 Å². The first-order valence-electron chi connectivity index (χ1n) is 11.4. The highest BCUT2D eigenvalue weighted by Gasteiger charge is 2.41. The summed E-state index contributed by atoms with van der Waals surface area (Å²) in [5.41, 5.74) is 2.32. The predicted octanol–water partition coefficient (Wildman–Crippen LogP) is 3.73. The van der Waals surface area contributed by atoms with Crippen molar-refractivity contribution in [2.45, 2.75) is 19.4 Å². The maximum Gasteiger partial charge on any atom is 0.337 e. The lowest BCUT2D eigenvalue weighted by atomic mass is 9.73. The monoisotopic (exact) mass is 501 g/mol. The van der Waals surface area contributed by atoms with Gasteiger partial charge in [-0.25, -0.2) is 14.0 Å². The van der Waals surface area contributed by atoms with Gasteiger partial charge in [0.2, 0.25) is 0 Å². The van der Waals surface area contributed by atoms with E-state index in [2.05, 4.69) is 15.2 Å². The molecule has 1 N–H and O–H groups in total. The largest absolute Gasteiger partial charge is 0.465 e. The number of anilines is 1. The first-order chi connectivity index (χ1) is 16.4. The molecule has 2 amide bonds. The average molecular weight is 502 g/mol. The van der Waals surface area contributed by atoms with Crippen LogP contribution in [0.4, 0.5) is 14.9 Å². The number of hydrogen-bond donors (Lipinski definition) is 1. The summed E-state index contributed by atoms with van der Waals surface area (Å²) in [4.78, 5) is 29.0. The minimum atomic E-state index is -0.604. The van der Waals surface area contributed by atoms with Crippen molar-refractivity contribution in [3.63, 3.8) is 0 Å². The number of benzene rings is 2. The summed E-state index contributed by atoms with van der Waals surface area (Å²) in [6.07, 6.45) is 3.69. The zero-order chi connectivity index (χ0) is 23.9. The van der Waals surface area contributed by atoms with Crippen LogP contribution >= 0.6 is 12.4 Å².